The van der Waals surface area contributed by atoms with Crippen molar-refractivity contribution in [2.75, 3.05) is 0 Å². The summed E-state index contributed by atoms with van der Waals surface area (Å²) in [6, 6.07) is 0. The fourth-order valence-corrected chi connectivity index (χ4v) is 2.65. The smallest absolute Gasteiger partial charge is 0.306 e. The van der Waals surface area contributed by atoms with Gasteiger partial charge in [0.1, 0.15) is 12.2 Å². The van der Waals surface area contributed by atoms with E-state index in [9.17, 15) is 4.79 Å². The highest BCUT2D eigenvalue weighted by Gasteiger charge is 2.40. The molecule has 1 N–H and O–H groups in total. The minimum Gasteiger partial charge on any atom is -0.481 e. The fourth-order valence-electron chi connectivity index (χ4n) is 2.39. The number of aromatic nitrogens is 2. The van der Waals surface area contributed by atoms with E-state index in [1.165, 1.54) is 6.20 Å². The maximum Gasteiger partial charge on any atom is 0.306 e. The van der Waals surface area contributed by atoms with Crippen molar-refractivity contribution >= 4 is 21.9 Å². The van der Waals surface area contributed by atoms with Gasteiger partial charge in [0.2, 0.25) is 5.75 Å². The number of carboxylic acids is 1. The Morgan fingerprint density at radius 1 is 1.39 bits per heavy atom. The van der Waals surface area contributed by atoms with Crippen LogP contribution < -0.4 is 9.47 Å². The molecule has 96 valence electrons. The van der Waals surface area contributed by atoms with Gasteiger partial charge >= 0.3 is 5.97 Å². The Morgan fingerprint density at radius 3 is 3.00 bits per heavy atom. The molecule has 3 atom stereocenters. The average Bonchev–Trinajstić information content (AvgIpc) is 2.35. The zero-order valence-electron chi connectivity index (χ0n) is 9.38. The molecule has 1 saturated carbocycles. The number of ether oxygens (including phenoxy) is 2. The Balaban J connectivity index is 1.82. The maximum atomic E-state index is 11.0. The van der Waals surface area contributed by atoms with Gasteiger partial charge in [-0.15, -0.1) is 0 Å². The van der Waals surface area contributed by atoms with E-state index in [1.807, 2.05) is 0 Å². The Hall–Kier alpha value is -1.37. The lowest BCUT2D eigenvalue weighted by Gasteiger charge is -2.37. The Kier molecular flexibility index (Phi) is 2.85. The van der Waals surface area contributed by atoms with Crippen LogP contribution in [0.1, 0.15) is 19.3 Å². The average molecular weight is 315 g/mol. The van der Waals surface area contributed by atoms with Gasteiger partial charge in [-0.1, -0.05) is 0 Å². The molecule has 0 radical (unpaired) electrons. The Morgan fingerprint density at radius 2 is 2.22 bits per heavy atom. The van der Waals surface area contributed by atoms with Gasteiger partial charge in [-0.25, -0.2) is 4.98 Å². The lowest BCUT2D eigenvalue weighted by atomic mass is 9.85. The first kappa shape index (κ1) is 11.7. The van der Waals surface area contributed by atoms with Crippen molar-refractivity contribution < 1.29 is 19.4 Å². The van der Waals surface area contributed by atoms with Crippen molar-refractivity contribution in [2.24, 2.45) is 5.92 Å². The van der Waals surface area contributed by atoms with Crippen LogP contribution in [-0.4, -0.2) is 33.3 Å². The molecule has 1 aromatic heterocycles. The van der Waals surface area contributed by atoms with Crippen LogP contribution in [-0.2, 0) is 4.79 Å². The first-order valence-corrected chi connectivity index (χ1v) is 6.51. The molecule has 2 aliphatic rings. The van der Waals surface area contributed by atoms with Crippen molar-refractivity contribution in [3.05, 3.63) is 10.9 Å². The molecule has 0 aromatic carbocycles. The first-order chi connectivity index (χ1) is 8.63. The summed E-state index contributed by atoms with van der Waals surface area (Å²) < 4.78 is 11.9. The van der Waals surface area contributed by atoms with Crippen molar-refractivity contribution in [1.29, 1.82) is 0 Å². The zero-order valence-corrected chi connectivity index (χ0v) is 11.0. The van der Waals surface area contributed by atoms with E-state index in [2.05, 4.69) is 25.9 Å². The first-order valence-electron chi connectivity index (χ1n) is 5.72. The van der Waals surface area contributed by atoms with E-state index in [0.717, 1.165) is 0 Å². The summed E-state index contributed by atoms with van der Waals surface area (Å²) in [5.41, 5.74) is 0. The second-order valence-corrected chi connectivity index (χ2v) is 5.18. The highest BCUT2D eigenvalue weighted by Crippen LogP contribution is 2.38. The van der Waals surface area contributed by atoms with Gasteiger partial charge in [0, 0.05) is 6.42 Å². The largest absolute Gasteiger partial charge is 0.481 e. The highest BCUT2D eigenvalue weighted by molar-refractivity contribution is 9.10. The lowest BCUT2D eigenvalue weighted by molar-refractivity contribution is -0.146. The van der Waals surface area contributed by atoms with Crippen LogP contribution in [0.4, 0.5) is 0 Å². The van der Waals surface area contributed by atoms with Crippen LogP contribution in [0.2, 0.25) is 0 Å². The molecule has 0 spiro atoms. The van der Waals surface area contributed by atoms with Crippen molar-refractivity contribution in [3.8, 4) is 11.6 Å². The minimum atomic E-state index is -0.769. The van der Waals surface area contributed by atoms with E-state index in [0.29, 0.717) is 35.6 Å². The van der Waals surface area contributed by atoms with Crippen LogP contribution in [0.25, 0.3) is 0 Å². The Bertz CT molecular complexity index is 496. The van der Waals surface area contributed by atoms with Crippen LogP contribution in [0, 0.1) is 5.92 Å². The summed E-state index contributed by atoms with van der Waals surface area (Å²) in [7, 11) is 0. The summed E-state index contributed by atoms with van der Waals surface area (Å²) in [6.45, 7) is 0. The molecule has 0 saturated heterocycles. The van der Waals surface area contributed by atoms with Gasteiger partial charge in [0.05, 0.1) is 12.1 Å². The third-order valence-electron chi connectivity index (χ3n) is 3.31. The SMILES string of the molecule is O=C(O)C1CCC2Oc3nc(Br)ncc3OC2C1. The van der Waals surface area contributed by atoms with Crippen LogP contribution in [0.3, 0.4) is 0 Å². The fraction of sp³-hybridized carbons (Fsp3) is 0.545. The van der Waals surface area contributed by atoms with Gasteiger partial charge in [0.25, 0.3) is 5.88 Å². The van der Waals surface area contributed by atoms with Gasteiger partial charge in [0.15, 0.2) is 4.73 Å². The van der Waals surface area contributed by atoms with Crippen molar-refractivity contribution in [1.82, 2.24) is 9.97 Å². The molecular weight excluding hydrogens is 304 g/mol. The number of fused-ring (bicyclic) bond motifs is 2. The number of carbonyl (C=O) groups is 1. The van der Waals surface area contributed by atoms with Crippen LogP contribution >= 0.6 is 15.9 Å². The number of carboxylic acid groups (broad SMARTS) is 1. The summed E-state index contributed by atoms with van der Waals surface area (Å²) in [6.07, 6.45) is 2.94. The normalized spacial score (nSPS) is 29.5. The molecule has 2 heterocycles. The van der Waals surface area contributed by atoms with Crippen molar-refractivity contribution in [2.45, 2.75) is 31.5 Å². The molecule has 1 aromatic rings. The lowest BCUT2D eigenvalue weighted by Crippen LogP contribution is -2.46. The second-order valence-electron chi connectivity index (χ2n) is 4.47. The second kappa shape index (κ2) is 4.38. The maximum absolute atomic E-state index is 11.0. The zero-order chi connectivity index (χ0) is 12.7. The van der Waals surface area contributed by atoms with E-state index >= 15 is 0 Å². The molecule has 0 amide bonds. The van der Waals surface area contributed by atoms with Crippen LogP contribution in [0.15, 0.2) is 10.9 Å². The highest BCUT2D eigenvalue weighted by atomic mass is 79.9. The molecule has 7 heteroatoms. The van der Waals surface area contributed by atoms with E-state index < -0.39 is 5.97 Å². The monoisotopic (exact) mass is 314 g/mol. The molecule has 3 rings (SSSR count). The number of rotatable bonds is 1. The Labute approximate surface area is 111 Å². The minimum absolute atomic E-state index is 0.116. The number of aliphatic carboxylic acids is 1. The molecule has 1 aliphatic heterocycles. The van der Waals surface area contributed by atoms with Gasteiger partial charge < -0.3 is 14.6 Å². The van der Waals surface area contributed by atoms with Crippen LogP contribution in [0.5, 0.6) is 11.6 Å². The third-order valence-corrected chi connectivity index (χ3v) is 3.70. The van der Waals surface area contributed by atoms with Crippen molar-refractivity contribution in [3.63, 3.8) is 0 Å². The summed E-state index contributed by atoms with van der Waals surface area (Å²) >= 11 is 3.17. The number of hydrogen-bond donors (Lipinski definition) is 1. The standard InChI is InChI=1S/C11H11BrN2O4/c12-11-13-4-8-9(14-11)18-6-2-1-5(10(15)16)3-7(6)17-8/h4-7H,1-3H2,(H,15,16). The quantitative estimate of drug-likeness (QED) is 0.793. The summed E-state index contributed by atoms with van der Waals surface area (Å²) in [5, 5.41) is 9.03. The number of hydrogen-bond acceptors (Lipinski definition) is 5. The topological polar surface area (TPSA) is 81.5 Å². The van der Waals surface area contributed by atoms with E-state index in [4.69, 9.17) is 14.6 Å². The summed E-state index contributed by atoms with van der Waals surface area (Å²) in [5.74, 6) is -0.222. The molecule has 6 nitrogen and oxygen atoms in total. The third kappa shape index (κ3) is 2.03. The predicted octanol–water partition coefficient (Wildman–Crippen LogP) is 1.63. The van der Waals surface area contributed by atoms with Gasteiger partial charge in [-0.3, -0.25) is 4.79 Å². The number of nitrogens with zero attached hydrogens (tertiary/aromatic N) is 2. The molecule has 1 aliphatic carbocycles. The van der Waals surface area contributed by atoms with Gasteiger partial charge in [-0.05, 0) is 28.8 Å². The molecule has 18 heavy (non-hydrogen) atoms. The predicted molar refractivity (Wildman–Crippen MR) is 63.5 cm³/mol. The molecule has 0 bridgehead atoms. The van der Waals surface area contributed by atoms with E-state index in [1.54, 1.807) is 0 Å². The van der Waals surface area contributed by atoms with E-state index in [-0.39, 0.29) is 18.1 Å². The number of halogens is 1. The molecular formula is C11H11BrN2O4. The summed E-state index contributed by atoms with van der Waals surface area (Å²) in [4.78, 5) is 19.1. The molecule has 1 fully saturated rings. The van der Waals surface area contributed by atoms with Gasteiger partial charge in [-0.2, -0.15) is 4.98 Å². The molecule has 3 unspecified atom stereocenters.